The first-order valence-corrected chi connectivity index (χ1v) is 26.3. The van der Waals surface area contributed by atoms with Crippen molar-refractivity contribution in [3.8, 4) is 11.5 Å². The SMILES string of the molecule is Cc1ccc(S(=O)(=O)O)c(CCCCOc2cc(S)c3c(S)cc(OCCCCc4cc(SOOO)ccc4S(=O)(=O)O)cc3c2)c1.Cc1nc2ccccc2n1CCCCS(=O)(=O)O. The number of unbranched alkanes of at least 4 members (excludes halogenated alkanes) is 3. The molecule has 1 heterocycles. The molecule has 0 aliphatic heterocycles. The largest absolute Gasteiger partial charge is 0.494 e. The van der Waals surface area contributed by atoms with Gasteiger partial charge in [0, 0.05) is 26.6 Å². The van der Waals surface area contributed by atoms with Gasteiger partial charge in [0.1, 0.15) is 17.3 Å². The van der Waals surface area contributed by atoms with E-state index in [0.717, 1.165) is 33.2 Å². The minimum Gasteiger partial charge on any atom is -0.494 e. The molecule has 0 atom stereocenters. The maximum absolute atomic E-state index is 11.8. The van der Waals surface area contributed by atoms with E-state index in [-0.39, 0.29) is 15.5 Å². The zero-order valence-corrected chi connectivity index (χ0v) is 40.4. The van der Waals surface area contributed by atoms with Crippen LogP contribution in [-0.4, -0.2) is 72.7 Å². The lowest BCUT2D eigenvalue weighted by Crippen LogP contribution is -2.06. The first-order chi connectivity index (χ1) is 30.7. The Hall–Kier alpha value is -3.91. The smallest absolute Gasteiger partial charge is 0.294 e. The highest BCUT2D eigenvalue weighted by atomic mass is 32.2. The number of hydrogen-bond donors (Lipinski definition) is 6. The number of hydrogen-bond acceptors (Lipinski definition) is 15. The molecule has 65 heavy (non-hydrogen) atoms. The Morgan fingerprint density at radius 2 is 1.25 bits per heavy atom. The molecule has 1 aromatic heterocycles. The zero-order chi connectivity index (χ0) is 47.4. The summed E-state index contributed by atoms with van der Waals surface area (Å²) in [6.45, 7) is 5.23. The van der Waals surface area contributed by atoms with Crippen LogP contribution in [0.5, 0.6) is 11.5 Å². The van der Waals surface area contributed by atoms with Crippen molar-refractivity contribution < 1.29 is 63.0 Å². The third kappa shape index (κ3) is 15.9. The van der Waals surface area contributed by atoms with Gasteiger partial charge in [0.15, 0.2) is 0 Å². The van der Waals surface area contributed by atoms with Gasteiger partial charge >= 0.3 is 0 Å². The standard InChI is InChI=1S/C31H34O11S5.C12H16N2O3S/c1-20-8-10-29(46(33,34)35)21(14-20)6-2-4-12-39-24-15-23-16-25(19-28(44)31(23)27(43)18-24)40-13-5-3-7-22-17-26(45-42-41-32)9-11-30(22)47(36,37)38;1-10-13-11-6-2-3-7-12(11)14(10)8-4-5-9-18(15,16)17/h8-11,14-19,32,43-44H,2-7,12-13H2,1H3,(H,33,34,35)(H,36,37,38);2-3,6-7H,4-5,8-9H2,1H3,(H,15,16,17). The molecule has 16 nitrogen and oxygen atoms in total. The Balaban J connectivity index is 0.000000366. The highest BCUT2D eigenvalue weighted by Gasteiger charge is 2.18. The summed E-state index contributed by atoms with van der Waals surface area (Å²) in [5.41, 5.74) is 3.87. The Bertz CT molecular complexity index is 2930. The van der Waals surface area contributed by atoms with E-state index in [1.165, 1.54) is 24.3 Å². The van der Waals surface area contributed by atoms with E-state index >= 15 is 0 Å². The molecule has 5 aromatic carbocycles. The third-order valence-electron chi connectivity index (χ3n) is 10.0. The lowest BCUT2D eigenvalue weighted by Gasteiger charge is -2.14. The summed E-state index contributed by atoms with van der Waals surface area (Å²) in [4.78, 5) is 5.97. The van der Waals surface area contributed by atoms with E-state index < -0.39 is 30.4 Å². The van der Waals surface area contributed by atoms with E-state index in [1.807, 2.05) is 50.2 Å². The number of rotatable bonds is 22. The van der Waals surface area contributed by atoms with E-state index in [1.54, 1.807) is 24.3 Å². The summed E-state index contributed by atoms with van der Waals surface area (Å²) in [6, 6.07) is 24.2. The molecule has 0 unspecified atom stereocenters. The Morgan fingerprint density at radius 1 is 0.677 bits per heavy atom. The molecule has 22 heteroatoms. The average molecular weight is 1010 g/mol. The van der Waals surface area contributed by atoms with Gasteiger partial charge in [-0.15, -0.1) is 29.6 Å². The van der Waals surface area contributed by atoms with Crippen molar-refractivity contribution in [2.45, 2.75) is 96.2 Å². The fourth-order valence-corrected chi connectivity index (χ4v) is 10.4. The van der Waals surface area contributed by atoms with Crippen LogP contribution in [0.1, 0.15) is 61.0 Å². The first kappa shape index (κ1) is 52.1. The maximum atomic E-state index is 11.8. The number of imidazole rings is 1. The molecule has 4 N–H and O–H groups in total. The Morgan fingerprint density at radius 3 is 1.82 bits per heavy atom. The number of aromatic nitrogens is 2. The van der Waals surface area contributed by atoms with E-state index in [2.05, 4.69) is 44.2 Å². The normalized spacial score (nSPS) is 12.1. The van der Waals surface area contributed by atoms with Gasteiger partial charge in [0.25, 0.3) is 30.4 Å². The molecule has 0 radical (unpaired) electrons. The average Bonchev–Trinajstić information content (AvgIpc) is 3.54. The summed E-state index contributed by atoms with van der Waals surface area (Å²) in [5, 5.41) is 13.6. The van der Waals surface area contributed by atoms with Crippen molar-refractivity contribution >= 4 is 89.5 Å². The number of fused-ring (bicyclic) bond motifs is 2. The second-order valence-electron chi connectivity index (χ2n) is 14.9. The molecule has 352 valence electrons. The van der Waals surface area contributed by atoms with Crippen LogP contribution in [0.15, 0.2) is 109 Å². The van der Waals surface area contributed by atoms with Gasteiger partial charge in [-0.25, -0.2) is 10.2 Å². The van der Waals surface area contributed by atoms with Gasteiger partial charge in [-0.3, -0.25) is 13.7 Å². The fourth-order valence-electron chi connectivity index (χ4n) is 7.10. The maximum Gasteiger partial charge on any atom is 0.294 e. The predicted octanol–water partition coefficient (Wildman–Crippen LogP) is 9.46. The number of benzene rings is 5. The quantitative estimate of drug-likeness (QED) is 0.00927. The van der Waals surface area contributed by atoms with Crippen molar-refractivity contribution in [2.24, 2.45) is 0 Å². The molecular formula is C43H50N2O14S6. The van der Waals surface area contributed by atoms with E-state index in [0.29, 0.717) is 120 Å². The summed E-state index contributed by atoms with van der Waals surface area (Å²) in [6.07, 6.45) is 4.38. The molecule has 0 aliphatic rings. The number of aryl methyl sites for hydroxylation is 5. The molecule has 0 spiro atoms. The van der Waals surface area contributed by atoms with Crippen molar-refractivity contribution in [1.82, 2.24) is 9.55 Å². The Kier molecular flexibility index (Phi) is 19.0. The molecule has 0 fully saturated rings. The topological polar surface area (TPSA) is 238 Å². The molecule has 0 saturated heterocycles. The van der Waals surface area contributed by atoms with Crippen LogP contribution in [0.3, 0.4) is 0 Å². The van der Waals surface area contributed by atoms with Crippen LogP contribution in [0.4, 0.5) is 0 Å². The number of thiol groups is 2. The monoisotopic (exact) mass is 1010 g/mol. The van der Waals surface area contributed by atoms with Crippen LogP contribution in [0.2, 0.25) is 0 Å². The van der Waals surface area contributed by atoms with Crippen molar-refractivity contribution in [3.63, 3.8) is 0 Å². The van der Waals surface area contributed by atoms with Crippen molar-refractivity contribution in [3.05, 3.63) is 107 Å². The van der Waals surface area contributed by atoms with Gasteiger partial charge in [-0.05, 0) is 142 Å². The van der Waals surface area contributed by atoms with E-state index in [4.69, 9.17) is 19.3 Å². The van der Waals surface area contributed by atoms with Gasteiger partial charge < -0.3 is 14.0 Å². The van der Waals surface area contributed by atoms with Crippen molar-refractivity contribution in [1.29, 1.82) is 0 Å². The van der Waals surface area contributed by atoms with Gasteiger partial charge in [-0.2, -0.15) is 25.3 Å². The van der Waals surface area contributed by atoms with Gasteiger partial charge in [-0.1, -0.05) is 34.9 Å². The minimum atomic E-state index is -4.43. The molecule has 0 amide bonds. The lowest BCUT2D eigenvalue weighted by atomic mass is 10.1. The molecule has 0 aliphatic carbocycles. The first-order valence-electron chi connectivity index (χ1n) is 20.2. The highest BCUT2D eigenvalue weighted by Crippen LogP contribution is 2.36. The summed E-state index contributed by atoms with van der Waals surface area (Å²) in [5.74, 6) is 1.92. The summed E-state index contributed by atoms with van der Waals surface area (Å²) >= 11 is 9.94. The van der Waals surface area contributed by atoms with Crippen LogP contribution in [0.25, 0.3) is 21.8 Å². The second kappa shape index (κ2) is 23.7. The molecular weight excluding hydrogens is 961 g/mol. The zero-order valence-electron chi connectivity index (χ0n) is 35.4. The second-order valence-corrected chi connectivity index (χ2v) is 21.0. The number of para-hydroxylation sites is 2. The predicted molar refractivity (Wildman–Crippen MR) is 253 cm³/mol. The van der Waals surface area contributed by atoms with Crippen LogP contribution >= 0.6 is 37.3 Å². The minimum absolute atomic E-state index is 0.0733. The van der Waals surface area contributed by atoms with Crippen LogP contribution in [0, 0.1) is 13.8 Å². The van der Waals surface area contributed by atoms with E-state index in [9.17, 15) is 34.4 Å². The number of nitrogens with zero attached hydrogens (tertiary/aromatic N) is 2. The van der Waals surface area contributed by atoms with Gasteiger partial charge in [0.2, 0.25) is 0 Å². The summed E-state index contributed by atoms with van der Waals surface area (Å²) in [7, 11) is -12.6. The van der Waals surface area contributed by atoms with Crippen molar-refractivity contribution in [2.75, 3.05) is 19.0 Å². The van der Waals surface area contributed by atoms with Gasteiger partial charge in [0.05, 0.1) is 51.8 Å². The van der Waals surface area contributed by atoms with Crippen LogP contribution < -0.4 is 9.47 Å². The molecule has 6 rings (SSSR count). The third-order valence-corrected chi connectivity index (χ3v) is 14.0. The molecule has 0 bridgehead atoms. The Labute approximate surface area is 393 Å². The lowest BCUT2D eigenvalue weighted by molar-refractivity contribution is -0.432. The number of ether oxygens (including phenoxy) is 2. The summed E-state index contributed by atoms with van der Waals surface area (Å²) < 4.78 is 114. The molecule has 6 aromatic rings. The molecule has 0 saturated carbocycles. The van der Waals surface area contributed by atoms with Crippen LogP contribution in [-0.2, 0) is 59.1 Å². The fraction of sp³-hybridized carbons (Fsp3) is 0.326. The highest BCUT2D eigenvalue weighted by molar-refractivity contribution is 7.94.